The third kappa shape index (κ3) is 5.09. The fourth-order valence-corrected chi connectivity index (χ4v) is 3.89. The number of benzene rings is 1. The quantitative estimate of drug-likeness (QED) is 0.568. The Balaban J connectivity index is 2.02. The summed E-state index contributed by atoms with van der Waals surface area (Å²) in [6.07, 6.45) is -3.66. The molecule has 1 aromatic carbocycles. The van der Waals surface area contributed by atoms with E-state index >= 15 is 0 Å². The maximum atomic E-state index is 12.9. The van der Waals surface area contributed by atoms with Gasteiger partial charge in [-0.3, -0.25) is 0 Å². The molecule has 24 heavy (non-hydrogen) atoms. The van der Waals surface area contributed by atoms with Crippen molar-refractivity contribution in [3.63, 3.8) is 0 Å². The van der Waals surface area contributed by atoms with E-state index < -0.39 is 11.7 Å². The van der Waals surface area contributed by atoms with Crippen LogP contribution in [0.25, 0.3) is 0 Å². The maximum absolute atomic E-state index is 12.9. The second-order valence-electron chi connectivity index (χ2n) is 6.49. The Morgan fingerprint density at radius 3 is 2.62 bits per heavy atom. The van der Waals surface area contributed by atoms with Crippen LogP contribution in [-0.4, -0.2) is 18.0 Å². The highest BCUT2D eigenvalue weighted by atomic mass is 35.5. The number of hydrogen-bond acceptors (Lipinski definition) is 2. The summed E-state index contributed by atoms with van der Waals surface area (Å²) in [5, 5.41) is 1.77. The summed E-state index contributed by atoms with van der Waals surface area (Å²) >= 11 is 7.46. The minimum atomic E-state index is -4.24. The molecule has 0 radical (unpaired) electrons. The molecule has 0 amide bonds. The molecular weight excluding hydrogens is 357 g/mol. The Hall–Kier alpha value is -0.810. The summed E-state index contributed by atoms with van der Waals surface area (Å²) in [6.45, 7) is 6.48. The zero-order valence-corrected chi connectivity index (χ0v) is 15.6. The van der Waals surface area contributed by atoms with Crippen molar-refractivity contribution in [1.29, 1.82) is 0 Å². The number of alkyl halides is 3. The predicted molar refractivity (Wildman–Crippen MR) is 95.0 cm³/mol. The average molecular weight is 379 g/mol. The topological polar surface area (TPSA) is 9.23 Å². The molecule has 0 N–H and O–H groups in total. The Morgan fingerprint density at radius 1 is 1.33 bits per heavy atom. The average Bonchev–Trinajstić information content (AvgIpc) is 2.67. The minimum absolute atomic E-state index is 0.0225. The summed E-state index contributed by atoms with van der Waals surface area (Å²) in [5.74, 6) is 1.10. The van der Waals surface area contributed by atoms with Crippen LogP contribution < -0.4 is 4.74 Å². The van der Waals surface area contributed by atoms with Crippen molar-refractivity contribution >= 4 is 23.4 Å². The van der Waals surface area contributed by atoms with E-state index in [9.17, 15) is 13.2 Å². The Labute approximate surface area is 150 Å². The molecule has 1 nitrogen and oxygen atoms in total. The second kappa shape index (κ2) is 8.05. The number of halogens is 4. The molecule has 0 bridgehead atoms. The molecule has 1 heterocycles. The fourth-order valence-electron chi connectivity index (χ4n) is 2.51. The highest BCUT2D eigenvalue weighted by Crippen LogP contribution is 2.39. The Morgan fingerprint density at radius 2 is 2.04 bits per heavy atom. The summed E-state index contributed by atoms with van der Waals surface area (Å²) in [7, 11) is 0. The van der Waals surface area contributed by atoms with E-state index in [1.165, 1.54) is 17.2 Å². The van der Waals surface area contributed by atoms with Crippen LogP contribution in [0.1, 0.15) is 45.1 Å². The van der Waals surface area contributed by atoms with Gasteiger partial charge in [-0.2, -0.15) is 13.2 Å². The van der Waals surface area contributed by atoms with Crippen LogP contribution in [0, 0.1) is 5.92 Å². The van der Waals surface area contributed by atoms with Crippen molar-refractivity contribution in [1.82, 2.24) is 0 Å². The lowest BCUT2D eigenvalue weighted by atomic mass is 9.99. The van der Waals surface area contributed by atoms with Gasteiger partial charge in [0, 0.05) is 10.8 Å². The van der Waals surface area contributed by atoms with Gasteiger partial charge in [-0.1, -0.05) is 38.4 Å². The van der Waals surface area contributed by atoms with E-state index in [1.54, 1.807) is 0 Å². The zero-order chi connectivity index (χ0) is 17.9. The van der Waals surface area contributed by atoms with Crippen molar-refractivity contribution in [2.45, 2.75) is 51.0 Å². The second-order valence-corrected chi connectivity index (χ2v) is 8.01. The van der Waals surface area contributed by atoms with E-state index in [-0.39, 0.29) is 17.6 Å². The highest BCUT2D eigenvalue weighted by Gasteiger charge is 2.35. The molecule has 1 aliphatic heterocycles. The van der Waals surface area contributed by atoms with Crippen LogP contribution in [0.5, 0.6) is 5.75 Å². The summed E-state index contributed by atoms with van der Waals surface area (Å²) in [4.78, 5) is 0. The molecule has 2 rings (SSSR count). The lowest BCUT2D eigenvalue weighted by molar-refractivity contribution is -0.0940. The number of thioether (sulfide) groups is 1. The van der Waals surface area contributed by atoms with Gasteiger partial charge in [0.2, 0.25) is 0 Å². The first kappa shape index (κ1) is 19.5. The molecule has 1 aliphatic rings. The van der Waals surface area contributed by atoms with Gasteiger partial charge >= 0.3 is 6.18 Å². The highest BCUT2D eigenvalue weighted by molar-refractivity contribution is 8.02. The van der Waals surface area contributed by atoms with Gasteiger partial charge in [-0.25, -0.2) is 0 Å². The lowest BCUT2D eigenvalue weighted by Crippen LogP contribution is -2.21. The SMILES string of the molecule is CC(C)c1ccc(OCC2SC=C(C(F)(F)F)CCC2C)c(Cl)c1. The monoisotopic (exact) mass is 378 g/mol. The first-order valence-corrected chi connectivity index (χ1v) is 9.34. The zero-order valence-electron chi connectivity index (χ0n) is 14.0. The molecule has 0 saturated carbocycles. The van der Waals surface area contributed by atoms with Gasteiger partial charge in [-0.15, -0.1) is 11.8 Å². The van der Waals surface area contributed by atoms with Crippen molar-refractivity contribution in [3.05, 3.63) is 39.8 Å². The first-order chi connectivity index (χ1) is 11.2. The first-order valence-electron chi connectivity index (χ1n) is 8.02. The standard InChI is InChI=1S/C18H22ClF3OS/c1-11(2)13-5-7-16(15(19)8-13)23-9-17-12(3)4-6-14(10-24-17)18(20,21)22/h5,7-8,10-12,17H,4,6,9H2,1-3H3. The number of rotatable bonds is 4. The fraction of sp³-hybridized carbons (Fsp3) is 0.556. The third-order valence-corrected chi connectivity index (χ3v) is 5.94. The smallest absolute Gasteiger partial charge is 0.413 e. The number of allylic oxidation sites excluding steroid dienone is 1. The van der Waals surface area contributed by atoms with E-state index in [1.807, 2.05) is 25.1 Å². The van der Waals surface area contributed by atoms with Crippen molar-refractivity contribution in [3.8, 4) is 5.75 Å². The van der Waals surface area contributed by atoms with Gasteiger partial charge < -0.3 is 4.74 Å². The van der Waals surface area contributed by atoms with Gasteiger partial charge in [0.25, 0.3) is 0 Å². The largest absolute Gasteiger partial charge is 0.491 e. The van der Waals surface area contributed by atoms with Crippen molar-refractivity contribution in [2.24, 2.45) is 5.92 Å². The maximum Gasteiger partial charge on any atom is 0.413 e. The Kier molecular flexibility index (Phi) is 6.54. The molecule has 6 heteroatoms. The third-order valence-electron chi connectivity index (χ3n) is 4.28. The van der Waals surface area contributed by atoms with Gasteiger partial charge in [0.05, 0.1) is 5.02 Å². The van der Waals surface area contributed by atoms with Crippen LogP contribution in [0.2, 0.25) is 5.02 Å². The minimum Gasteiger partial charge on any atom is -0.491 e. The van der Waals surface area contributed by atoms with Crippen LogP contribution in [0.4, 0.5) is 13.2 Å². The molecule has 0 saturated heterocycles. The molecule has 0 aromatic heterocycles. The van der Waals surface area contributed by atoms with E-state index in [4.69, 9.17) is 16.3 Å². The predicted octanol–water partition coefficient (Wildman–Crippen LogP) is 6.82. The van der Waals surface area contributed by atoms with Crippen LogP contribution in [0.15, 0.2) is 29.2 Å². The number of ether oxygens (including phenoxy) is 1. The molecule has 134 valence electrons. The molecular formula is C18H22ClF3OS. The van der Waals surface area contributed by atoms with E-state index in [2.05, 4.69) is 13.8 Å². The lowest BCUT2D eigenvalue weighted by Gasteiger charge is -2.21. The molecule has 0 fully saturated rings. The van der Waals surface area contributed by atoms with Crippen LogP contribution >= 0.6 is 23.4 Å². The number of hydrogen-bond donors (Lipinski definition) is 0. The summed E-state index contributed by atoms with van der Waals surface area (Å²) < 4.78 is 44.4. The molecule has 0 spiro atoms. The van der Waals surface area contributed by atoms with E-state index in [0.717, 1.165) is 5.56 Å². The Bertz CT molecular complexity index is 598. The van der Waals surface area contributed by atoms with Crippen molar-refractivity contribution < 1.29 is 17.9 Å². The van der Waals surface area contributed by atoms with Crippen molar-refractivity contribution in [2.75, 3.05) is 6.61 Å². The van der Waals surface area contributed by atoms with Crippen LogP contribution in [0.3, 0.4) is 0 Å². The van der Waals surface area contributed by atoms with Gasteiger partial charge in [-0.05, 0) is 47.8 Å². The molecule has 1 aromatic rings. The van der Waals surface area contributed by atoms with E-state index in [0.29, 0.717) is 29.7 Å². The molecule has 2 unspecified atom stereocenters. The normalized spacial score (nSPS) is 22.2. The van der Waals surface area contributed by atoms with Gasteiger partial charge in [0.15, 0.2) is 0 Å². The summed E-state index contributed by atoms with van der Waals surface area (Å²) in [5.41, 5.74) is 0.684. The molecule has 2 atom stereocenters. The van der Waals surface area contributed by atoms with Gasteiger partial charge in [0.1, 0.15) is 12.4 Å². The molecule has 0 aliphatic carbocycles. The summed E-state index contributed by atoms with van der Waals surface area (Å²) in [6, 6.07) is 5.69. The van der Waals surface area contributed by atoms with Crippen LogP contribution in [-0.2, 0) is 0 Å².